The minimum atomic E-state index is -0.395. The van der Waals surface area contributed by atoms with Crippen molar-refractivity contribution >= 4 is 18.3 Å². The number of nitrogens with two attached hydrogens (primary N) is 1. The molecule has 1 aliphatic rings. The van der Waals surface area contributed by atoms with Crippen molar-refractivity contribution in [2.24, 2.45) is 11.7 Å². The molecule has 1 atom stereocenters. The van der Waals surface area contributed by atoms with E-state index in [4.69, 9.17) is 5.73 Å². The Morgan fingerprint density at radius 3 is 2.82 bits per heavy atom. The van der Waals surface area contributed by atoms with Crippen LogP contribution in [-0.2, 0) is 0 Å². The van der Waals surface area contributed by atoms with Gasteiger partial charge in [-0.3, -0.25) is 9.89 Å². The monoisotopic (exact) mass is 324 g/mol. The molecule has 1 aliphatic carbocycles. The van der Waals surface area contributed by atoms with Gasteiger partial charge in [0.2, 0.25) is 0 Å². The van der Waals surface area contributed by atoms with E-state index < -0.39 is 5.82 Å². The Bertz CT molecular complexity index is 656. The van der Waals surface area contributed by atoms with Crippen LogP contribution in [0.3, 0.4) is 0 Å². The highest BCUT2D eigenvalue weighted by atomic mass is 35.5. The number of H-pyrrole nitrogens is 1. The molecule has 1 aromatic carbocycles. The van der Waals surface area contributed by atoms with Crippen LogP contribution in [0.15, 0.2) is 30.5 Å². The number of aromatic nitrogens is 2. The number of hydrogen-bond acceptors (Lipinski definition) is 3. The maximum absolute atomic E-state index is 13.9. The largest absolute Gasteiger partial charge is 0.348 e. The molecule has 3 rings (SSSR count). The maximum atomic E-state index is 13.9. The fourth-order valence-electron chi connectivity index (χ4n) is 2.44. The maximum Gasteiger partial charge on any atom is 0.255 e. The number of amides is 1. The zero-order chi connectivity index (χ0) is 14.8. The van der Waals surface area contributed by atoms with Gasteiger partial charge >= 0.3 is 0 Å². The van der Waals surface area contributed by atoms with Crippen LogP contribution in [-0.4, -0.2) is 28.7 Å². The van der Waals surface area contributed by atoms with Gasteiger partial charge in [0.25, 0.3) is 5.91 Å². The van der Waals surface area contributed by atoms with Crippen LogP contribution in [0.2, 0.25) is 0 Å². The number of nitrogens with zero attached hydrogens (tertiary/aromatic N) is 1. The van der Waals surface area contributed by atoms with E-state index in [1.54, 1.807) is 18.2 Å². The van der Waals surface area contributed by atoms with Crippen molar-refractivity contribution < 1.29 is 9.18 Å². The third-order valence-electron chi connectivity index (χ3n) is 3.79. The molecule has 118 valence electrons. The topological polar surface area (TPSA) is 83.8 Å². The lowest BCUT2D eigenvalue weighted by atomic mass is 10.1. The molecule has 0 radical (unpaired) electrons. The summed E-state index contributed by atoms with van der Waals surface area (Å²) in [4.78, 5) is 12.4. The van der Waals surface area contributed by atoms with Crippen molar-refractivity contribution in [3.8, 4) is 11.3 Å². The zero-order valence-electron chi connectivity index (χ0n) is 11.9. The van der Waals surface area contributed by atoms with E-state index in [9.17, 15) is 9.18 Å². The number of hydrogen-bond donors (Lipinski definition) is 3. The van der Waals surface area contributed by atoms with E-state index in [0.29, 0.717) is 29.3 Å². The van der Waals surface area contributed by atoms with E-state index in [0.717, 1.165) is 12.8 Å². The summed E-state index contributed by atoms with van der Waals surface area (Å²) in [6.07, 6.45) is 3.60. The summed E-state index contributed by atoms with van der Waals surface area (Å²) >= 11 is 0. The van der Waals surface area contributed by atoms with Gasteiger partial charge in [-0.1, -0.05) is 12.1 Å². The fraction of sp³-hybridized carbons (Fsp3) is 0.333. The minimum Gasteiger partial charge on any atom is -0.348 e. The average molecular weight is 325 g/mol. The Balaban J connectivity index is 0.00000176. The lowest BCUT2D eigenvalue weighted by molar-refractivity contribution is 0.0934. The second kappa shape index (κ2) is 6.89. The first kappa shape index (κ1) is 16.5. The first-order chi connectivity index (χ1) is 10.2. The number of halogens is 2. The molecule has 2 aromatic rings. The molecular formula is C15H18ClFN4O. The van der Waals surface area contributed by atoms with Crippen molar-refractivity contribution in [3.63, 3.8) is 0 Å². The summed E-state index contributed by atoms with van der Waals surface area (Å²) in [7, 11) is 0. The number of nitrogens with one attached hydrogen (secondary N) is 2. The molecule has 1 aromatic heterocycles. The van der Waals surface area contributed by atoms with Gasteiger partial charge in [0.1, 0.15) is 5.82 Å². The lowest BCUT2D eigenvalue weighted by Gasteiger charge is -2.16. The predicted molar refractivity (Wildman–Crippen MR) is 84.3 cm³/mol. The van der Waals surface area contributed by atoms with Crippen molar-refractivity contribution in [1.82, 2.24) is 15.5 Å². The van der Waals surface area contributed by atoms with Crippen LogP contribution >= 0.6 is 12.4 Å². The molecule has 1 unspecified atom stereocenters. The highest BCUT2D eigenvalue weighted by Crippen LogP contribution is 2.32. The fourth-order valence-corrected chi connectivity index (χ4v) is 2.44. The van der Waals surface area contributed by atoms with Gasteiger partial charge < -0.3 is 11.1 Å². The quantitative estimate of drug-likeness (QED) is 0.787. The van der Waals surface area contributed by atoms with Gasteiger partial charge in [0.05, 0.1) is 17.5 Å². The van der Waals surface area contributed by atoms with Gasteiger partial charge in [-0.2, -0.15) is 5.10 Å². The Morgan fingerprint density at radius 1 is 1.45 bits per heavy atom. The Kier molecular flexibility index (Phi) is 5.15. The number of aromatic amines is 1. The van der Waals surface area contributed by atoms with Gasteiger partial charge in [-0.05, 0) is 30.9 Å². The number of rotatable bonds is 5. The first-order valence-electron chi connectivity index (χ1n) is 7.00. The summed E-state index contributed by atoms with van der Waals surface area (Å²) in [6.45, 7) is 0.406. The average Bonchev–Trinajstić information content (AvgIpc) is 3.21. The molecule has 5 nitrogen and oxygen atoms in total. The van der Waals surface area contributed by atoms with Crippen molar-refractivity contribution in [1.29, 1.82) is 0 Å². The molecule has 0 aliphatic heterocycles. The normalized spacial score (nSPS) is 15.0. The molecular weight excluding hydrogens is 307 g/mol. The SMILES string of the molecule is Cl.NCC(NC(=O)c1cn[nH]c1-c1ccccc1F)C1CC1. The highest BCUT2D eigenvalue weighted by Gasteiger charge is 2.32. The van der Waals surface area contributed by atoms with Crippen molar-refractivity contribution in [2.45, 2.75) is 18.9 Å². The number of carbonyl (C=O) groups excluding carboxylic acids is 1. The molecule has 4 N–H and O–H groups in total. The summed E-state index contributed by atoms with van der Waals surface area (Å²) in [5.41, 5.74) is 6.74. The standard InChI is InChI=1S/C15H17FN4O.ClH/c16-12-4-2-1-3-10(12)14-11(8-18-20-14)15(21)19-13(7-17)9-5-6-9;/h1-4,8-9,13H,5-7,17H2,(H,18,20)(H,19,21);1H. The van der Waals surface area contributed by atoms with E-state index in [1.807, 2.05) is 0 Å². The van der Waals surface area contributed by atoms with Crippen molar-refractivity contribution in [2.75, 3.05) is 6.54 Å². The lowest BCUT2D eigenvalue weighted by Crippen LogP contribution is -2.41. The van der Waals surface area contributed by atoms with Crippen LogP contribution in [0, 0.1) is 11.7 Å². The van der Waals surface area contributed by atoms with Crippen LogP contribution < -0.4 is 11.1 Å². The van der Waals surface area contributed by atoms with Crippen molar-refractivity contribution in [3.05, 3.63) is 41.8 Å². The van der Waals surface area contributed by atoms with Crippen LogP contribution in [0.4, 0.5) is 4.39 Å². The molecule has 7 heteroatoms. The van der Waals surface area contributed by atoms with Crippen LogP contribution in [0.25, 0.3) is 11.3 Å². The molecule has 1 fully saturated rings. The number of benzene rings is 1. The van der Waals surface area contributed by atoms with Gasteiger partial charge in [0.15, 0.2) is 0 Å². The summed E-state index contributed by atoms with van der Waals surface area (Å²) in [5, 5.41) is 9.48. The summed E-state index contributed by atoms with van der Waals surface area (Å²) in [6, 6.07) is 6.26. The van der Waals surface area contributed by atoms with E-state index >= 15 is 0 Å². The van der Waals surface area contributed by atoms with Gasteiger partial charge in [-0.15, -0.1) is 12.4 Å². The first-order valence-corrected chi connectivity index (χ1v) is 7.00. The Morgan fingerprint density at radius 2 is 2.18 bits per heavy atom. The Labute approximate surface area is 133 Å². The smallest absolute Gasteiger partial charge is 0.255 e. The molecule has 0 spiro atoms. The second-order valence-electron chi connectivity index (χ2n) is 5.29. The summed E-state index contributed by atoms with van der Waals surface area (Å²) in [5.74, 6) is -0.208. The van der Waals surface area contributed by atoms with E-state index in [2.05, 4.69) is 15.5 Å². The third kappa shape index (κ3) is 3.28. The zero-order valence-corrected chi connectivity index (χ0v) is 12.7. The van der Waals surface area contributed by atoms with Crippen LogP contribution in [0.5, 0.6) is 0 Å². The minimum absolute atomic E-state index is 0. The van der Waals surface area contributed by atoms with Gasteiger partial charge in [-0.25, -0.2) is 4.39 Å². The van der Waals surface area contributed by atoms with Gasteiger partial charge in [0, 0.05) is 18.2 Å². The predicted octanol–water partition coefficient (Wildman–Crippen LogP) is 2.10. The number of carbonyl (C=O) groups is 1. The molecule has 0 saturated heterocycles. The van der Waals surface area contributed by atoms with E-state index in [-0.39, 0.29) is 24.4 Å². The Hall–Kier alpha value is -1.92. The molecule has 1 saturated carbocycles. The van der Waals surface area contributed by atoms with E-state index in [1.165, 1.54) is 12.3 Å². The summed E-state index contributed by atoms with van der Waals surface area (Å²) < 4.78 is 13.9. The highest BCUT2D eigenvalue weighted by molar-refractivity contribution is 6.00. The molecule has 1 amide bonds. The molecule has 0 bridgehead atoms. The molecule has 1 heterocycles. The van der Waals surface area contributed by atoms with Crippen LogP contribution in [0.1, 0.15) is 23.2 Å². The molecule has 22 heavy (non-hydrogen) atoms. The third-order valence-corrected chi connectivity index (χ3v) is 3.79. The second-order valence-corrected chi connectivity index (χ2v) is 5.29.